The molecule has 0 bridgehead atoms. The lowest BCUT2D eigenvalue weighted by molar-refractivity contribution is -0.141. The fraction of sp³-hybridized carbons (Fsp3) is 0.200. The summed E-state index contributed by atoms with van der Waals surface area (Å²) in [5.74, 6) is -2.28. The van der Waals surface area contributed by atoms with Gasteiger partial charge in [0.1, 0.15) is 17.3 Å². The van der Waals surface area contributed by atoms with E-state index in [9.17, 15) is 22.4 Å². The minimum Gasteiger partial charge on any atom is -0.468 e. The van der Waals surface area contributed by atoms with E-state index in [0.29, 0.717) is 0 Å². The molecule has 0 fully saturated rings. The number of nitrogens with one attached hydrogen (secondary N) is 1. The van der Waals surface area contributed by atoms with E-state index in [1.165, 1.54) is 24.2 Å². The smallest absolute Gasteiger partial charge is 0.325 e. The summed E-state index contributed by atoms with van der Waals surface area (Å²) >= 11 is 0. The third-order valence-electron chi connectivity index (χ3n) is 3.94. The Hall–Kier alpha value is -3.04. The van der Waals surface area contributed by atoms with Crippen molar-refractivity contribution in [2.24, 2.45) is 0 Å². The summed E-state index contributed by atoms with van der Waals surface area (Å²) < 4.78 is 45.5. The molecule has 9 heteroatoms. The fourth-order valence-corrected chi connectivity index (χ4v) is 3.59. The molecule has 0 radical (unpaired) electrons. The molecule has 0 aliphatic carbocycles. The molecular weight excluding hydrogens is 399 g/mol. The fourth-order valence-electron chi connectivity index (χ4n) is 2.49. The van der Waals surface area contributed by atoms with Gasteiger partial charge in [-0.15, -0.1) is 6.58 Å². The molecule has 2 aromatic carbocycles. The summed E-state index contributed by atoms with van der Waals surface area (Å²) in [7, 11) is -2.98. The molecule has 0 unspecified atom stereocenters. The quantitative estimate of drug-likeness (QED) is 0.495. The van der Waals surface area contributed by atoms with E-state index in [4.69, 9.17) is 0 Å². The van der Waals surface area contributed by atoms with Crippen LogP contribution in [-0.2, 0) is 26.1 Å². The summed E-state index contributed by atoms with van der Waals surface area (Å²) in [4.78, 5) is 25.3. The van der Waals surface area contributed by atoms with Crippen molar-refractivity contribution in [3.05, 3.63) is 78.1 Å². The van der Waals surface area contributed by atoms with Crippen LogP contribution in [0.4, 0.5) is 4.39 Å². The molecule has 0 spiro atoms. The number of ether oxygens (including phenoxy) is 1. The van der Waals surface area contributed by atoms with Gasteiger partial charge >= 0.3 is 5.97 Å². The number of sulfonamides is 1. The highest BCUT2D eigenvalue weighted by Gasteiger charge is 2.24. The normalized spacial score (nSPS) is 11.0. The summed E-state index contributed by atoms with van der Waals surface area (Å²) in [6.45, 7) is 3.04. The number of amides is 1. The molecule has 1 N–H and O–H groups in total. The lowest BCUT2D eigenvalue weighted by atomic mass is 10.1. The van der Waals surface area contributed by atoms with E-state index in [1.807, 2.05) is 6.07 Å². The molecule has 1 amide bonds. The molecule has 154 valence electrons. The molecule has 0 atom stereocenters. The Morgan fingerprint density at radius 3 is 2.52 bits per heavy atom. The van der Waals surface area contributed by atoms with Gasteiger partial charge in [0, 0.05) is 18.7 Å². The Kier molecular flexibility index (Phi) is 7.63. The first-order valence-corrected chi connectivity index (χ1v) is 10.1. The largest absolute Gasteiger partial charge is 0.468 e. The highest BCUT2D eigenvalue weighted by atomic mass is 32.2. The SMILES string of the molecule is C=CCNS(=O)(=O)c1cc(C(=O)N(CC(=O)OC)Cc2ccccc2)ccc1F. The van der Waals surface area contributed by atoms with E-state index < -0.39 is 32.6 Å². The van der Waals surface area contributed by atoms with Gasteiger partial charge in [0.15, 0.2) is 0 Å². The molecule has 0 saturated heterocycles. The van der Waals surface area contributed by atoms with Crippen molar-refractivity contribution in [1.82, 2.24) is 9.62 Å². The van der Waals surface area contributed by atoms with Crippen molar-refractivity contribution in [3.63, 3.8) is 0 Å². The Morgan fingerprint density at radius 1 is 1.21 bits per heavy atom. The van der Waals surface area contributed by atoms with Crippen molar-refractivity contribution in [1.29, 1.82) is 0 Å². The number of benzene rings is 2. The molecule has 29 heavy (non-hydrogen) atoms. The van der Waals surface area contributed by atoms with Crippen molar-refractivity contribution < 1.29 is 27.1 Å². The predicted octanol–water partition coefficient (Wildman–Crippen LogP) is 2.11. The van der Waals surface area contributed by atoms with Gasteiger partial charge in [-0.25, -0.2) is 17.5 Å². The monoisotopic (exact) mass is 420 g/mol. The number of nitrogens with zero attached hydrogens (tertiary/aromatic N) is 1. The highest BCUT2D eigenvalue weighted by Crippen LogP contribution is 2.19. The predicted molar refractivity (Wildman–Crippen MR) is 105 cm³/mol. The van der Waals surface area contributed by atoms with Crippen LogP contribution >= 0.6 is 0 Å². The van der Waals surface area contributed by atoms with E-state index in [0.717, 1.165) is 17.7 Å². The number of carbonyl (C=O) groups is 2. The first-order valence-electron chi connectivity index (χ1n) is 8.58. The van der Waals surface area contributed by atoms with Crippen molar-refractivity contribution in [3.8, 4) is 0 Å². The van der Waals surface area contributed by atoms with E-state index in [1.54, 1.807) is 24.3 Å². The van der Waals surface area contributed by atoms with Crippen molar-refractivity contribution >= 4 is 21.9 Å². The number of hydrogen-bond acceptors (Lipinski definition) is 5. The zero-order valence-electron chi connectivity index (χ0n) is 15.8. The van der Waals surface area contributed by atoms with Gasteiger partial charge in [-0.3, -0.25) is 9.59 Å². The standard InChI is InChI=1S/C20H21FN2O5S/c1-3-11-22-29(26,27)18-12-16(9-10-17(18)21)20(25)23(14-19(24)28-2)13-15-7-5-4-6-8-15/h3-10,12,22H,1,11,13-14H2,2H3. The van der Waals surface area contributed by atoms with Gasteiger partial charge < -0.3 is 9.64 Å². The molecular formula is C20H21FN2O5S. The van der Waals surface area contributed by atoms with Gasteiger partial charge in [-0.2, -0.15) is 0 Å². The lowest BCUT2D eigenvalue weighted by Crippen LogP contribution is -2.36. The van der Waals surface area contributed by atoms with Crippen LogP contribution in [0.25, 0.3) is 0 Å². The molecule has 0 aliphatic heterocycles. The molecule has 0 heterocycles. The van der Waals surface area contributed by atoms with Crippen LogP contribution < -0.4 is 4.72 Å². The number of rotatable bonds is 9. The molecule has 7 nitrogen and oxygen atoms in total. The average Bonchev–Trinajstić information content (AvgIpc) is 2.72. The van der Waals surface area contributed by atoms with Crippen LogP contribution in [0, 0.1) is 5.82 Å². The van der Waals surface area contributed by atoms with Crippen molar-refractivity contribution in [2.45, 2.75) is 11.4 Å². The number of carbonyl (C=O) groups excluding carboxylic acids is 2. The molecule has 0 saturated carbocycles. The molecule has 2 aromatic rings. The maximum Gasteiger partial charge on any atom is 0.325 e. The Labute approximate surface area is 168 Å². The zero-order valence-corrected chi connectivity index (χ0v) is 16.6. The average molecular weight is 420 g/mol. The second kappa shape index (κ2) is 9.94. The first kappa shape index (κ1) is 22.3. The van der Waals surface area contributed by atoms with Crippen LogP contribution in [0.3, 0.4) is 0 Å². The summed E-state index contributed by atoms with van der Waals surface area (Å²) in [5.41, 5.74) is 0.678. The minimum atomic E-state index is -4.18. The van der Waals surface area contributed by atoms with Crippen LogP contribution in [0.15, 0.2) is 66.1 Å². The highest BCUT2D eigenvalue weighted by molar-refractivity contribution is 7.89. The molecule has 2 rings (SSSR count). The van der Waals surface area contributed by atoms with Gasteiger partial charge in [-0.1, -0.05) is 36.4 Å². The molecule has 0 aliphatic rings. The first-order chi connectivity index (χ1) is 13.8. The van der Waals surface area contributed by atoms with Gasteiger partial charge in [0.05, 0.1) is 7.11 Å². The lowest BCUT2D eigenvalue weighted by Gasteiger charge is -2.22. The Balaban J connectivity index is 2.38. The van der Waals surface area contributed by atoms with E-state index >= 15 is 0 Å². The van der Waals surface area contributed by atoms with E-state index in [2.05, 4.69) is 16.0 Å². The van der Waals surface area contributed by atoms with Gasteiger partial charge in [0.2, 0.25) is 10.0 Å². The van der Waals surface area contributed by atoms with E-state index in [-0.39, 0.29) is 25.2 Å². The molecule has 0 aromatic heterocycles. The summed E-state index contributed by atoms with van der Waals surface area (Å²) in [6.07, 6.45) is 1.31. The summed E-state index contributed by atoms with van der Waals surface area (Å²) in [6, 6.07) is 11.9. The van der Waals surface area contributed by atoms with Gasteiger partial charge in [0.25, 0.3) is 5.91 Å². The third kappa shape index (κ3) is 5.97. The van der Waals surface area contributed by atoms with Crippen LogP contribution in [-0.4, -0.2) is 45.4 Å². The second-order valence-electron chi connectivity index (χ2n) is 6.01. The Morgan fingerprint density at radius 2 is 1.90 bits per heavy atom. The maximum atomic E-state index is 14.1. The third-order valence-corrected chi connectivity index (χ3v) is 5.38. The Bertz CT molecular complexity index is 993. The van der Waals surface area contributed by atoms with Crippen LogP contribution in [0.2, 0.25) is 0 Å². The number of methoxy groups -OCH3 is 1. The number of hydrogen-bond donors (Lipinski definition) is 1. The van der Waals surface area contributed by atoms with Gasteiger partial charge in [-0.05, 0) is 23.8 Å². The summed E-state index contributed by atoms with van der Waals surface area (Å²) in [5, 5.41) is 0. The maximum absolute atomic E-state index is 14.1. The van der Waals surface area contributed by atoms with Crippen molar-refractivity contribution in [2.75, 3.05) is 20.2 Å². The minimum absolute atomic E-state index is 0.0785. The topological polar surface area (TPSA) is 92.8 Å². The number of halogens is 1. The number of esters is 1. The van der Waals surface area contributed by atoms with Crippen LogP contribution in [0.1, 0.15) is 15.9 Å². The van der Waals surface area contributed by atoms with Crippen LogP contribution in [0.5, 0.6) is 0 Å². The second-order valence-corrected chi connectivity index (χ2v) is 7.74. The zero-order chi connectivity index (χ0) is 21.4.